The number of carbonyl (C=O) groups excluding carboxylic acids is 4. The predicted molar refractivity (Wildman–Crippen MR) is 111 cm³/mol. The van der Waals surface area contributed by atoms with E-state index < -0.39 is 24.5 Å². The van der Waals surface area contributed by atoms with Crippen molar-refractivity contribution in [3.05, 3.63) is 30.3 Å². The standard InChI is InChI=1S/C20H20Br2N2O5/c1-9(20(28)29-8-13(25)23-10-5-3-2-4-6-10)24-18(26)14-11-7-12(15(14)19(24)27)17(22)16(11)21/h2-6,9,11-12,14-17H,7-8H2,1H3,(H,23,25)/t9-,11-,12-,14-,15-,16-,17+/m1/s1. The van der Waals surface area contributed by atoms with Crippen molar-refractivity contribution in [3.8, 4) is 0 Å². The summed E-state index contributed by atoms with van der Waals surface area (Å²) in [6.45, 7) is 0.979. The Balaban J connectivity index is 1.37. The molecule has 3 aliphatic rings. The molecule has 29 heavy (non-hydrogen) atoms. The lowest BCUT2D eigenvalue weighted by atomic mass is 9.81. The average Bonchev–Trinajstić information content (AvgIpc) is 3.31. The molecule has 3 fully saturated rings. The van der Waals surface area contributed by atoms with Gasteiger partial charge in [0.25, 0.3) is 5.91 Å². The van der Waals surface area contributed by atoms with Crippen LogP contribution in [0.15, 0.2) is 30.3 Å². The lowest BCUT2D eigenvalue weighted by Gasteiger charge is -2.28. The number of benzene rings is 1. The summed E-state index contributed by atoms with van der Waals surface area (Å²) in [5, 5.41) is 2.61. The van der Waals surface area contributed by atoms with Crippen LogP contribution < -0.4 is 5.32 Å². The highest BCUT2D eigenvalue weighted by Gasteiger charge is 2.67. The molecule has 4 rings (SSSR count). The Kier molecular flexibility index (Phi) is 5.54. The van der Waals surface area contributed by atoms with Crippen LogP contribution in [-0.4, -0.2) is 50.9 Å². The van der Waals surface area contributed by atoms with Crippen LogP contribution in [0.25, 0.3) is 0 Å². The first-order valence-electron chi connectivity index (χ1n) is 9.48. The van der Waals surface area contributed by atoms with E-state index in [9.17, 15) is 19.2 Å². The van der Waals surface area contributed by atoms with Gasteiger partial charge in [0.2, 0.25) is 11.8 Å². The Morgan fingerprint density at radius 1 is 1.10 bits per heavy atom. The number of ether oxygens (including phenoxy) is 1. The second kappa shape index (κ2) is 7.83. The number of hydrogen-bond donors (Lipinski definition) is 1. The summed E-state index contributed by atoms with van der Waals surface area (Å²) in [4.78, 5) is 51.6. The van der Waals surface area contributed by atoms with E-state index in [1.165, 1.54) is 6.92 Å². The van der Waals surface area contributed by atoms with Crippen molar-refractivity contribution in [3.63, 3.8) is 0 Å². The van der Waals surface area contributed by atoms with E-state index in [0.717, 1.165) is 11.3 Å². The largest absolute Gasteiger partial charge is 0.454 e. The normalized spacial score (nSPS) is 33.6. The lowest BCUT2D eigenvalue weighted by molar-refractivity contribution is -0.159. The fourth-order valence-corrected chi connectivity index (χ4v) is 6.71. The second-order valence-corrected chi connectivity index (χ2v) is 9.86. The molecule has 7 atom stereocenters. The first kappa shape index (κ1) is 20.5. The maximum Gasteiger partial charge on any atom is 0.329 e. The Morgan fingerprint density at radius 2 is 1.66 bits per heavy atom. The number of nitrogens with one attached hydrogen (secondary N) is 1. The summed E-state index contributed by atoms with van der Waals surface area (Å²) in [6, 6.07) is 7.72. The lowest BCUT2D eigenvalue weighted by Crippen LogP contribution is -2.45. The molecule has 2 bridgehead atoms. The maximum absolute atomic E-state index is 12.9. The van der Waals surface area contributed by atoms with Crippen LogP contribution in [0, 0.1) is 23.7 Å². The van der Waals surface area contributed by atoms with Crippen molar-refractivity contribution < 1.29 is 23.9 Å². The van der Waals surface area contributed by atoms with Gasteiger partial charge in [-0.2, -0.15) is 0 Å². The van der Waals surface area contributed by atoms with Crippen molar-refractivity contribution in [1.82, 2.24) is 4.90 Å². The third kappa shape index (κ3) is 3.42. The molecule has 0 spiro atoms. The van der Waals surface area contributed by atoms with Gasteiger partial charge in [-0.3, -0.25) is 19.3 Å². The fraction of sp³-hybridized carbons (Fsp3) is 0.500. The highest BCUT2D eigenvalue weighted by molar-refractivity contribution is 9.12. The molecule has 2 aliphatic carbocycles. The Labute approximate surface area is 184 Å². The smallest absolute Gasteiger partial charge is 0.329 e. The molecule has 3 amide bonds. The average molecular weight is 528 g/mol. The van der Waals surface area contributed by atoms with E-state index in [0.29, 0.717) is 5.69 Å². The first-order valence-corrected chi connectivity index (χ1v) is 11.3. The van der Waals surface area contributed by atoms with Crippen LogP contribution in [0.2, 0.25) is 0 Å². The van der Waals surface area contributed by atoms with Crippen molar-refractivity contribution >= 4 is 61.2 Å². The summed E-state index contributed by atoms with van der Waals surface area (Å²) in [5.41, 5.74) is 0.587. The van der Waals surface area contributed by atoms with Crippen molar-refractivity contribution in [2.24, 2.45) is 23.7 Å². The number of para-hydroxylation sites is 1. The molecule has 7 nitrogen and oxygen atoms in total. The molecule has 0 aromatic heterocycles. The van der Waals surface area contributed by atoms with Crippen LogP contribution >= 0.6 is 31.9 Å². The molecule has 9 heteroatoms. The quantitative estimate of drug-likeness (QED) is 0.360. The summed E-state index contributed by atoms with van der Waals surface area (Å²) in [7, 11) is 0. The topological polar surface area (TPSA) is 92.8 Å². The maximum atomic E-state index is 12.9. The number of halogens is 2. The van der Waals surface area contributed by atoms with E-state index >= 15 is 0 Å². The highest BCUT2D eigenvalue weighted by Crippen LogP contribution is 2.60. The molecule has 1 saturated heterocycles. The number of nitrogens with zero attached hydrogens (tertiary/aromatic N) is 1. The van der Waals surface area contributed by atoms with E-state index in [1.807, 2.05) is 6.07 Å². The minimum Gasteiger partial charge on any atom is -0.454 e. The van der Waals surface area contributed by atoms with Gasteiger partial charge in [-0.1, -0.05) is 50.1 Å². The predicted octanol–water partition coefficient (Wildman–Crippen LogP) is 2.33. The van der Waals surface area contributed by atoms with Crippen molar-refractivity contribution in [1.29, 1.82) is 0 Å². The number of anilines is 1. The molecule has 0 unspecified atom stereocenters. The van der Waals surface area contributed by atoms with Gasteiger partial charge in [-0.15, -0.1) is 0 Å². The molecule has 1 aliphatic heterocycles. The zero-order valence-electron chi connectivity index (χ0n) is 15.6. The van der Waals surface area contributed by atoms with Crippen LogP contribution in [0.3, 0.4) is 0 Å². The van der Waals surface area contributed by atoms with Crippen LogP contribution in [0.1, 0.15) is 13.3 Å². The van der Waals surface area contributed by atoms with Gasteiger partial charge in [0, 0.05) is 15.3 Å². The molecular weight excluding hydrogens is 508 g/mol. The molecule has 1 N–H and O–H groups in total. The molecule has 1 aromatic carbocycles. The first-order chi connectivity index (χ1) is 13.8. The summed E-state index contributed by atoms with van der Waals surface area (Å²) < 4.78 is 5.06. The summed E-state index contributed by atoms with van der Waals surface area (Å²) in [5.74, 6) is -2.50. The van der Waals surface area contributed by atoms with Crippen LogP contribution in [0.5, 0.6) is 0 Å². The number of carbonyl (C=O) groups is 4. The van der Waals surface area contributed by atoms with Crippen molar-refractivity contribution in [2.75, 3.05) is 11.9 Å². The van der Waals surface area contributed by atoms with E-state index in [1.54, 1.807) is 24.3 Å². The van der Waals surface area contributed by atoms with Gasteiger partial charge >= 0.3 is 5.97 Å². The number of likely N-dealkylation sites (tertiary alicyclic amines) is 1. The second-order valence-electron chi connectivity index (χ2n) is 7.75. The zero-order valence-corrected chi connectivity index (χ0v) is 18.8. The number of esters is 1. The van der Waals surface area contributed by atoms with Gasteiger partial charge in [0.1, 0.15) is 6.04 Å². The summed E-state index contributed by atoms with van der Waals surface area (Å²) in [6.07, 6.45) is 0.824. The number of hydrogen-bond acceptors (Lipinski definition) is 5. The summed E-state index contributed by atoms with van der Waals surface area (Å²) >= 11 is 7.27. The van der Waals surface area contributed by atoms with Gasteiger partial charge in [0.15, 0.2) is 6.61 Å². The Hall–Kier alpha value is -1.74. The molecule has 154 valence electrons. The number of amides is 3. The molecule has 1 aromatic rings. The van der Waals surface area contributed by atoms with Gasteiger partial charge in [-0.25, -0.2) is 4.79 Å². The zero-order chi connectivity index (χ0) is 20.9. The highest BCUT2D eigenvalue weighted by atomic mass is 79.9. The molecule has 1 heterocycles. The number of rotatable bonds is 5. The van der Waals surface area contributed by atoms with E-state index in [2.05, 4.69) is 37.2 Å². The third-order valence-corrected chi connectivity index (χ3v) is 9.36. The van der Waals surface area contributed by atoms with Gasteiger partial charge in [-0.05, 0) is 37.3 Å². The third-order valence-electron chi connectivity index (χ3n) is 6.15. The minimum absolute atomic E-state index is 0.0793. The molecule has 0 radical (unpaired) electrons. The van der Waals surface area contributed by atoms with Crippen LogP contribution in [0.4, 0.5) is 5.69 Å². The van der Waals surface area contributed by atoms with E-state index in [-0.39, 0.29) is 45.1 Å². The monoisotopic (exact) mass is 526 g/mol. The number of alkyl halides is 2. The number of fused-ring (bicyclic) bond motifs is 5. The van der Waals surface area contributed by atoms with Crippen LogP contribution in [-0.2, 0) is 23.9 Å². The van der Waals surface area contributed by atoms with E-state index in [4.69, 9.17) is 4.74 Å². The number of imide groups is 1. The SMILES string of the molecule is C[C@H](C(=O)OCC(=O)Nc1ccccc1)N1C(=O)[C@@H]2[C@H]3C[C@@H]([C@@H](Br)[C@H]3Br)[C@H]2C1=O. The molecular formula is C20H20Br2N2O5. The van der Waals surface area contributed by atoms with Crippen molar-refractivity contribution in [2.45, 2.75) is 29.0 Å². The van der Waals surface area contributed by atoms with Gasteiger partial charge in [0.05, 0.1) is 11.8 Å². The van der Waals surface area contributed by atoms with Gasteiger partial charge < -0.3 is 10.1 Å². The Bertz CT molecular complexity index is 832. The minimum atomic E-state index is -1.06. The fourth-order valence-electron chi connectivity index (χ4n) is 4.83. The Morgan fingerprint density at radius 3 is 2.21 bits per heavy atom. The molecule has 2 saturated carbocycles.